The summed E-state index contributed by atoms with van der Waals surface area (Å²) in [6, 6.07) is 9.96. The van der Waals surface area contributed by atoms with Gasteiger partial charge in [-0.2, -0.15) is 5.10 Å². The maximum atomic E-state index is 13.1. The maximum absolute atomic E-state index is 13.1. The Bertz CT molecular complexity index is 1100. The molecule has 0 unspecified atom stereocenters. The van der Waals surface area contributed by atoms with E-state index in [0.717, 1.165) is 19.9 Å². The lowest BCUT2D eigenvalue weighted by Gasteiger charge is -2.07. The van der Waals surface area contributed by atoms with Gasteiger partial charge in [0.1, 0.15) is 16.6 Å². The normalized spacial score (nSPS) is 10.9. The van der Waals surface area contributed by atoms with Crippen LogP contribution >= 0.6 is 38.6 Å². The first-order chi connectivity index (χ1) is 13.6. The topological polar surface area (TPSA) is 59.8 Å². The molecule has 142 valence electrons. The van der Waals surface area contributed by atoms with Crippen molar-refractivity contribution in [2.75, 3.05) is 5.32 Å². The molecule has 5 nitrogen and oxygen atoms in total. The highest BCUT2D eigenvalue weighted by molar-refractivity contribution is 9.10. The van der Waals surface area contributed by atoms with Gasteiger partial charge >= 0.3 is 0 Å². The van der Waals surface area contributed by atoms with E-state index in [1.54, 1.807) is 40.4 Å². The highest BCUT2D eigenvalue weighted by Crippen LogP contribution is 2.24. The highest BCUT2D eigenvalue weighted by atomic mass is 79.9. The van der Waals surface area contributed by atoms with Gasteiger partial charge in [-0.05, 0) is 46.3 Å². The van der Waals surface area contributed by atoms with Gasteiger partial charge in [0.05, 0.1) is 24.9 Å². The number of hydrogen-bond donors (Lipinski definition) is 1. The van der Waals surface area contributed by atoms with Crippen molar-refractivity contribution in [3.8, 4) is 10.6 Å². The molecule has 1 aromatic carbocycles. The van der Waals surface area contributed by atoms with E-state index in [-0.39, 0.29) is 18.1 Å². The third-order valence-electron chi connectivity index (χ3n) is 3.90. The smallest absolute Gasteiger partial charge is 0.231 e. The first-order valence-corrected chi connectivity index (χ1v) is 10.9. The lowest BCUT2D eigenvalue weighted by molar-refractivity contribution is -0.115. The van der Waals surface area contributed by atoms with Crippen LogP contribution in [0.4, 0.5) is 10.2 Å². The van der Waals surface area contributed by atoms with Crippen LogP contribution in [0.5, 0.6) is 0 Å². The van der Waals surface area contributed by atoms with Gasteiger partial charge in [0.2, 0.25) is 5.91 Å². The second-order valence-corrected chi connectivity index (χ2v) is 8.75. The summed E-state index contributed by atoms with van der Waals surface area (Å²) < 4.78 is 15.8. The molecule has 0 aliphatic rings. The van der Waals surface area contributed by atoms with Gasteiger partial charge in [-0.3, -0.25) is 4.79 Å². The third-order valence-corrected chi connectivity index (χ3v) is 6.52. The van der Waals surface area contributed by atoms with E-state index in [1.807, 2.05) is 16.8 Å². The Balaban J connectivity index is 1.40. The second kappa shape index (κ2) is 8.34. The molecule has 0 saturated carbocycles. The predicted molar refractivity (Wildman–Crippen MR) is 113 cm³/mol. The molecule has 0 fully saturated rings. The van der Waals surface area contributed by atoms with E-state index in [1.165, 1.54) is 23.5 Å². The molecule has 28 heavy (non-hydrogen) atoms. The number of carbonyl (C=O) groups excluding carboxylic acids is 1. The van der Waals surface area contributed by atoms with E-state index in [0.29, 0.717) is 18.1 Å². The lowest BCUT2D eigenvalue weighted by atomic mass is 10.2. The number of anilines is 1. The van der Waals surface area contributed by atoms with Crippen LogP contribution in [-0.4, -0.2) is 20.7 Å². The van der Waals surface area contributed by atoms with Crippen molar-refractivity contribution in [3.05, 3.63) is 74.2 Å². The Morgan fingerprint density at radius 3 is 2.75 bits per heavy atom. The molecule has 0 bridgehead atoms. The summed E-state index contributed by atoms with van der Waals surface area (Å²) in [6.45, 7) is 0.588. The van der Waals surface area contributed by atoms with Crippen molar-refractivity contribution in [3.63, 3.8) is 0 Å². The number of carbonyl (C=O) groups is 1. The molecule has 0 aliphatic carbocycles. The molecule has 1 amide bonds. The van der Waals surface area contributed by atoms with Gasteiger partial charge in [-0.1, -0.05) is 0 Å². The van der Waals surface area contributed by atoms with Crippen molar-refractivity contribution in [2.45, 2.75) is 13.0 Å². The molecular formula is C19H14BrFN4OS2. The standard InChI is InChI=1S/C19H14BrFN4OS2/c20-13-7-16(27-10-13)9-25-17(5-6-22-25)24-18(26)8-15-11-28-19(23-15)12-1-3-14(21)4-2-12/h1-7,10-11H,8-9H2,(H,24,26). The fourth-order valence-electron chi connectivity index (χ4n) is 2.61. The number of nitrogens with zero attached hydrogens (tertiary/aromatic N) is 3. The van der Waals surface area contributed by atoms with Crippen molar-refractivity contribution >= 4 is 50.3 Å². The Labute approximate surface area is 177 Å². The summed E-state index contributed by atoms with van der Waals surface area (Å²) >= 11 is 6.50. The molecule has 3 heterocycles. The van der Waals surface area contributed by atoms with Crippen molar-refractivity contribution in [2.24, 2.45) is 0 Å². The van der Waals surface area contributed by atoms with Crippen LogP contribution in [0.15, 0.2) is 57.8 Å². The highest BCUT2D eigenvalue weighted by Gasteiger charge is 2.12. The molecule has 4 aromatic rings. The van der Waals surface area contributed by atoms with Crippen LogP contribution in [0.2, 0.25) is 0 Å². The SMILES string of the molecule is O=C(Cc1csc(-c2ccc(F)cc2)n1)Nc1ccnn1Cc1cc(Br)cs1. The third kappa shape index (κ3) is 4.54. The lowest BCUT2D eigenvalue weighted by Crippen LogP contribution is -2.18. The van der Waals surface area contributed by atoms with Crippen LogP contribution in [-0.2, 0) is 17.8 Å². The molecule has 1 N–H and O–H groups in total. The molecule has 0 saturated heterocycles. The molecule has 0 aliphatic heterocycles. The average molecular weight is 477 g/mol. The number of benzene rings is 1. The number of amides is 1. The maximum Gasteiger partial charge on any atom is 0.231 e. The number of hydrogen-bond acceptors (Lipinski definition) is 5. The Hall–Kier alpha value is -2.36. The largest absolute Gasteiger partial charge is 0.311 e. The zero-order valence-electron chi connectivity index (χ0n) is 14.4. The molecular weight excluding hydrogens is 463 g/mol. The van der Waals surface area contributed by atoms with Gasteiger partial charge in [-0.25, -0.2) is 14.1 Å². The fraction of sp³-hybridized carbons (Fsp3) is 0.105. The van der Waals surface area contributed by atoms with E-state index in [4.69, 9.17) is 0 Å². The molecule has 0 radical (unpaired) electrons. The summed E-state index contributed by atoms with van der Waals surface area (Å²) in [7, 11) is 0. The number of thiazole rings is 1. The molecule has 0 spiro atoms. The number of thiophene rings is 1. The van der Waals surface area contributed by atoms with Gasteiger partial charge in [0.25, 0.3) is 0 Å². The fourth-order valence-corrected chi connectivity index (χ4v) is 4.87. The van der Waals surface area contributed by atoms with Crippen LogP contribution in [0.3, 0.4) is 0 Å². The van der Waals surface area contributed by atoms with Crippen molar-refractivity contribution < 1.29 is 9.18 Å². The second-order valence-electron chi connectivity index (χ2n) is 5.98. The predicted octanol–water partition coefficient (Wildman–Crippen LogP) is 5.20. The Morgan fingerprint density at radius 2 is 2.00 bits per heavy atom. The van der Waals surface area contributed by atoms with Gasteiger partial charge < -0.3 is 5.32 Å². The van der Waals surface area contributed by atoms with Crippen molar-refractivity contribution in [1.82, 2.24) is 14.8 Å². The van der Waals surface area contributed by atoms with E-state index < -0.39 is 0 Å². The summed E-state index contributed by atoms with van der Waals surface area (Å²) in [6.07, 6.45) is 1.82. The molecule has 3 aromatic heterocycles. The zero-order chi connectivity index (χ0) is 19.5. The molecule has 4 rings (SSSR count). The van der Waals surface area contributed by atoms with Crippen LogP contribution in [0.25, 0.3) is 10.6 Å². The number of rotatable bonds is 6. The number of aromatic nitrogens is 3. The minimum Gasteiger partial charge on any atom is -0.311 e. The van der Waals surface area contributed by atoms with Crippen LogP contribution in [0, 0.1) is 5.82 Å². The molecule has 9 heteroatoms. The summed E-state index contributed by atoms with van der Waals surface area (Å²) in [4.78, 5) is 18.1. The van der Waals surface area contributed by atoms with E-state index >= 15 is 0 Å². The minimum absolute atomic E-state index is 0.160. The number of nitrogens with one attached hydrogen (secondary N) is 1. The number of halogens is 2. The first kappa shape index (κ1) is 19.0. The van der Waals surface area contributed by atoms with Crippen LogP contribution < -0.4 is 5.32 Å². The van der Waals surface area contributed by atoms with Gasteiger partial charge in [0.15, 0.2) is 0 Å². The minimum atomic E-state index is -0.286. The van der Waals surface area contributed by atoms with E-state index in [9.17, 15) is 9.18 Å². The quantitative estimate of drug-likeness (QED) is 0.416. The summed E-state index contributed by atoms with van der Waals surface area (Å²) in [5, 5.41) is 11.8. The first-order valence-electron chi connectivity index (χ1n) is 8.32. The Morgan fingerprint density at radius 1 is 1.18 bits per heavy atom. The molecule has 0 atom stereocenters. The Kier molecular flexibility index (Phi) is 5.65. The summed E-state index contributed by atoms with van der Waals surface area (Å²) in [5.74, 6) is 0.194. The van der Waals surface area contributed by atoms with E-state index in [2.05, 4.69) is 31.3 Å². The van der Waals surface area contributed by atoms with Crippen LogP contribution in [0.1, 0.15) is 10.6 Å². The van der Waals surface area contributed by atoms with Crippen molar-refractivity contribution in [1.29, 1.82) is 0 Å². The summed E-state index contributed by atoms with van der Waals surface area (Å²) in [5.41, 5.74) is 1.51. The zero-order valence-corrected chi connectivity index (χ0v) is 17.7. The van der Waals surface area contributed by atoms with Gasteiger partial charge in [-0.15, -0.1) is 22.7 Å². The average Bonchev–Trinajstić information content (AvgIpc) is 3.39. The van der Waals surface area contributed by atoms with Gasteiger partial charge in [0, 0.05) is 31.7 Å². The monoisotopic (exact) mass is 476 g/mol.